The van der Waals surface area contributed by atoms with Crippen LogP contribution < -0.4 is 10.4 Å². The lowest BCUT2D eigenvalue weighted by Gasteiger charge is -2.22. The molecule has 0 aromatic carbocycles. The highest BCUT2D eigenvalue weighted by molar-refractivity contribution is 5.31. The van der Waals surface area contributed by atoms with E-state index in [1.165, 1.54) is 7.11 Å². The van der Waals surface area contributed by atoms with Gasteiger partial charge in [0.15, 0.2) is 6.29 Å². The van der Waals surface area contributed by atoms with Gasteiger partial charge in [-0.1, -0.05) is 30.7 Å². The molecule has 2 unspecified atom stereocenters. The topological polar surface area (TPSA) is 78.1 Å². The summed E-state index contributed by atoms with van der Waals surface area (Å²) in [6.45, 7) is 2.75. The van der Waals surface area contributed by atoms with Crippen molar-refractivity contribution in [3.8, 4) is 5.75 Å². The van der Waals surface area contributed by atoms with Gasteiger partial charge in [-0.3, -0.25) is 0 Å². The van der Waals surface area contributed by atoms with Crippen molar-refractivity contribution in [1.29, 1.82) is 0 Å². The van der Waals surface area contributed by atoms with Crippen LogP contribution in [0.4, 0.5) is 0 Å². The van der Waals surface area contributed by atoms with E-state index in [9.17, 15) is 9.90 Å². The summed E-state index contributed by atoms with van der Waals surface area (Å²) in [5.74, 6) is 0.846. The molecular weight excluding hydrogens is 372 g/mol. The number of hydrogen-bond acceptors (Lipinski definition) is 6. The predicted molar refractivity (Wildman–Crippen MR) is 112 cm³/mol. The summed E-state index contributed by atoms with van der Waals surface area (Å²) in [4.78, 5) is 12.4. The first-order valence-corrected chi connectivity index (χ1v) is 10.5. The van der Waals surface area contributed by atoms with Crippen molar-refractivity contribution in [3.05, 3.63) is 52.1 Å². The van der Waals surface area contributed by atoms with Crippen molar-refractivity contribution in [2.45, 2.75) is 77.3 Å². The molecule has 2 atom stereocenters. The molecule has 2 heterocycles. The predicted octanol–water partition coefficient (Wildman–Crippen LogP) is 4.29. The second kappa shape index (κ2) is 13.4. The largest absolute Gasteiger partial charge is 0.496 e. The van der Waals surface area contributed by atoms with Crippen LogP contribution in [0.2, 0.25) is 0 Å². The lowest BCUT2D eigenvalue weighted by atomic mass is 10.1. The number of allylic oxidation sites excluding steroid dienone is 4. The van der Waals surface area contributed by atoms with Crippen LogP contribution in [0.25, 0.3) is 0 Å². The van der Waals surface area contributed by atoms with Crippen LogP contribution in [0.1, 0.15) is 63.2 Å². The number of unbranched alkanes of at least 4 members (excludes halogenated alkanes) is 2. The molecule has 1 aromatic heterocycles. The third-order valence-corrected chi connectivity index (χ3v) is 4.87. The molecule has 1 N–H and O–H groups in total. The Hall–Kier alpha value is -1.89. The van der Waals surface area contributed by atoms with Gasteiger partial charge in [0, 0.05) is 19.1 Å². The van der Waals surface area contributed by atoms with Gasteiger partial charge in [-0.2, -0.15) is 0 Å². The summed E-state index contributed by atoms with van der Waals surface area (Å²) < 4.78 is 22.0. The van der Waals surface area contributed by atoms with Crippen molar-refractivity contribution < 1.29 is 23.7 Å². The standard InChI is InChI=1S/C23H34O6/c1-3-4-5-6-7-8-9-12-18(24)15-19-16-21(26-2)20(23(25)29-19)17-28-22-13-10-11-14-27-22/h3-6,16,18,22,24H,7-15,17H2,1-2H3/b4-3+,6-5+. The van der Waals surface area contributed by atoms with Crippen molar-refractivity contribution in [2.24, 2.45) is 0 Å². The molecular formula is C23H34O6. The minimum Gasteiger partial charge on any atom is -0.496 e. The van der Waals surface area contributed by atoms with Crippen LogP contribution in [-0.4, -0.2) is 31.2 Å². The quantitative estimate of drug-likeness (QED) is 0.412. The number of ether oxygens (including phenoxy) is 3. The molecule has 0 amide bonds. The van der Waals surface area contributed by atoms with E-state index in [0.717, 1.165) is 38.5 Å². The third kappa shape index (κ3) is 8.56. The lowest BCUT2D eigenvalue weighted by molar-refractivity contribution is -0.169. The molecule has 0 saturated carbocycles. The molecule has 0 aliphatic carbocycles. The van der Waals surface area contributed by atoms with E-state index in [-0.39, 0.29) is 19.3 Å². The van der Waals surface area contributed by atoms with Gasteiger partial charge in [-0.05, 0) is 45.4 Å². The highest BCUT2D eigenvalue weighted by Gasteiger charge is 2.19. The first kappa shape index (κ1) is 23.4. The zero-order valence-corrected chi connectivity index (χ0v) is 17.6. The molecule has 0 radical (unpaired) electrons. The Bertz CT molecular complexity index is 700. The average Bonchev–Trinajstić information content (AvgIpc) is 2.72. The van der Waals surface area contributed by atoms with Gasteiger partial charge >= 0.3 is 5.63 Å². The number of aliphatic hydroxyl groups excluding tert-OH is 1. The lowest BCUT2D eigenvalue weighted by Crippen LogP contribution is -2.24. The fourth-order valence-electron chi connectivity index (χ4n) is 3.24. The van der Waals surface area contributed by atoms with E-state index in [1.807, 2.05) is 25.2 Å². The van der Waals surface area contributed by atoms with Gasteiger partial charge in [0.2, 0.25) is 0 Å². The van der Waals surface area contributed by atoms with Crippen molar-refractivity contribution in [1.82, 2.24) is 0 Å². The molecule has 1 aliphatic rings. The summed E-state index contributed by atoms with van der Waals surface area (Å²) in [5.41, 5.74) is -0.149. The van der Waals surface area contributed by atoms with E-state index in [0.29, 0.717) is 30.1 Å². The van der Waals surface area contributed by atoms with E-state index in [2.05, 4.69) is 6.08 Å². The first-order valence-electron chi connectivity index (χ1n) is 10.5. The van der Waals surface area contributed by atoms with Crippen molar-refractivity contribution in [2.75, 3.05) is 13.7 Å². The first-order chi connectivity index (χ1) is 14.1. The Kier molecular flexibility index (Phi) is 10.8. The molecule has 6 nitrogen and oxygen atoms in total. The number of methoxy groups -OCH3 is 1. The fourth-order valence-corrected chi connectivity index (χ4v) is 3.24. The SMILES string of the molecule is C/C=C/C=C/CCCCC(O)Cc1cc(OC)c(COC2CCCCO2)c(=O)o1. The van der Waals surface area contributed by atoms with Crippen LogP contribution in [0.5, 0.6) is 5.75 Å². The molecule has 6 heteroatoms. The van der Waals surface area contributed by atoms with Crippen molar-refractivity contribution >= 4 is 0 Å². The van der Waals surface area contributed by atoms with Crippen LogP contribution in [0.3, 0.4) is 0 Å². The summed E-state index contributed by atoms with van der Waals surface area (Å²) in [7, 11) is 1.51. The maximum Gasteiger partial charge on any atom is 0.345 e. The van der Waals surface area contributed by atoms with E-state index < -0.39 is 11.7 Å². The van der Waals surface area contributed by atoms with Crippen LogP contribution >= 0.6 is 0 Å². The van der Waals surface area contributed by atoms with Gasteiger partial charge in [0.05, 0.1) is 19.8 Å². The minimum atomic E-state index is -0.555. The van der Waals surface area contributed by atoms with Gasteiger partial charge in [0.25, 0.3) is 0 Å². The van der Waals surface area contributed by atoms with Gasteiger partial charge in [0.1, 0.15) is 17.1 Å². The minimum absolute atomic E-state index is 0.0831. The molecule has 1 aromatic rings. The van der Waals surface area contributed by atoms with E-state index in [1.54, 1.807) is 6.07 Å². The van der Waals surface area contributed by atoms with Crippen LogP contribution in [0, 0.1) is 0 Å². The number of hydrogen-bond donors (Lipinski definition) is 1. The molecule has 0 bridgehead atoms. The third-order valence-electron chi connectivity index (χ3n) is 4.87. The number of rotatable bonds is 12. The Balaban J connectivity index is 1.84. The highest BCUT2D eigenvalue weighted by atomic mass is 16.7. The fraction of sp³-hybridized carbons (Fsp3) is 0.609. The normalized spacial score (nSPS) is 18.5. The smallest absolute Gasteiger partial charge is 0.345 e. The second-order valence-corrected chi connectivity index (χ2v) is 7.25. The Morgan fingerprint density at radius 1 is 1.31 bits per heavy atom. The van der Waals surface area contributed by atoms with Gasteiger partial charge in [-0.25, -0.2) is 4.79 Å². The second-order valence-electron chi connectivity index (χ2n) is 7.25. The molecule has 29 heavy (non-hydrogen) atoms. The molecule has 2 rings (SSSR count). The summed E-state index contributed by atoms with van der Waals surface area (Å²) in [6, 6.07) is 1.67. The molecule has 1 fully saturated rings. The zero-order valence-electron chi connectivity index (χ0n) is 17.6. The maximum atomic E-state index is 12.4. The molecule has 1 saturated heterocycles. The molecule has 0 spiro atoms. The highest BCUT2D eigenvalue weighted by Crippen LogP contribution is 2.22. The average molecular weight is 407 g/mol. The summed E-state index contributed by atoms with van der Waals surface area (Å²) in [5, 5.41) is 10.3. The summed E-state index contributed by atoms with van der Waals surface area (Å²) in [6.07, 6.45) is 14.1. The van der Waals surface area contributed by atoms with E-state index in [4.69, 9.17) is 18.6 Å². The maximum absolute atomic E-state index is 12.4. The molecule has 162 valence electrons. The number of aliphatic hydroxyl groups is 1. The Morgan fingerprint density at radius 2 is 2.17 bits per heavy atom. The van der Waals surface area contributed by atoms with Gasteiger partial charge in [-0.15, -0.1) is 0 Å². The van der Waals surface area contributed by atoms with Crippen LogP contribution in [-0.2, 0) is 22.5 Å². The summed E-state index contributed by atoms with van der Waals surface area (Å²) >= 11 is 0. The monoisotopic (exact) mass is 406 g/mol. The van der Waals surface area contributed by atoms with Crippen molar-refractivity contribution in [3.63, 3.8) is 0 Å². The Labute approximate surface area is 173 Å². The van der Waals surface area contributed by atoms with E-state index >= 15 is 0 Å². The van der Waals surface area contributed by atoms with Gasteiger partial charge < -0.3 is 23.7 Å². The Morgan fingerprint density at radius 3 is 2.90 bits per heavy atom. The zero-order chi connectivity index (χ0) is 20.9. The molecule has 1 aliphatic heterocycles. The van der Waals surface area contributed by atoms with Crippen LogP contribution in [0.15, 0.2) is 39.6 Å².